The van der Waals surface area contributed by atoms with E-state index in [-0.39, 0.29) is 11.9 Å². The molecule has 0 aliphatic carbocycles. The van der Waals surface area contributed by atoms with Gasteiger partial charge in [-0.05, 0) is 37.5 Å². The van der Waals surface area contributed by atoms with Crippen LogP contribution >= 0.6 is 0 Å². The molecule has 0 aliphatic heterocycles. The molecular weight excluding hydrogens is 314 g/mol. The second kappa shape index (κ2) is 8.56. The molecule has 0 fully saturated rings. The van der Waals surface area contributed by atoms with Crippen molar-refractivity contribution < 1.29 is 14.3 Å². The molecule has 2 aromatic rings. The molecule has 1 N–H and O–H groups in total. The molecule has 0 aromatic heterocycles. The van der Waals surface area contributed by atoms with E-state index < -0.39 is 6.10 Å². The van der Waals surface area contributed by atoms with E-state index in [4.69, 9.17) is 9.47 Å². The van der Waals surface area contributed by atoms with E-state index in [0.717, 1.165) is 22.6 Å². The summed E-state index contributed by atoms with van der Waals surface area (Å²) in [6.07, 6.45) is -0.586. The molecule has 0 heterocycles. The largest absolute Gasteiger partial charge is 0.496 e. The van der Waals surface area contributed by atoms with Gasteiger partial charge in [-0.2, -0.15) is 0 Å². The van der Waals surface area contributed by atoms with Crippen molar-refractivity contribution in [3.05, 3.63) is 59.7 Å². The highest BCUT2D eigenvalue weighted by Crippen LogP contribution is 2.27. The smallest absolute Gasteiger partial charge is 0.261 e. The zero-order valence-electron chi connectivity index (χ0n) is 15.6. The fraction of sp³-hybridized carbons (Fsp3) is 0.381. The lowest BCUT2D eigenvalue weighted by Crippen LogP contribution is -2.38. The fourth-order valence-electron chi connectivity index (χ4n) is 2.74. The molecule has 0 unspecified atom stereocenters. The van der Waals surface area contributed by atoms with Crippen molar-refractivity contribution in [2.45, 2.75) is 45.8 Å². The van der Waals surface area contributed by atoms with Gasteiger partial charge in [-0.15, -0.1) is 0 Å². The maximum absolute atomic E-state index is 12.5. The Morgan fingerprint density at radius 1 is 0.880 bits per heavy atom. The number of rotatable bonds is 7. The first-order chi connectivity index (χ1) is 11.9. The third-order valence-electron chi connectivity index (χ3n) is 4.18. The predicted octanol–water partition coefficient (Wildman–Crippen LogP) is 4.46. The Morgan fingerprint density at radius 2 is 1.44 bits per heavy atom. The van der Waals surface area contributed by atoms with Gasteiger partial charge in [0.2, 0.25) is 0 Å². The Kier molecular flexibility index (Phi) is 6.45. The summed E-state index contributed by atoms with van der Waals surface area (Å²) in [6, 6.07) is 15.3. The standard InChI is InChI=1S/C21H27NO3/c1-14(2)17-10-6-9-13-20(17)25-16(4)21(23)22-15(3)18-11-7-8-12-19(18)24-5/h6-16H,1-5H3,(H,22,23)/t15-,16+/m1/s1. The number of carbonyl (C=O) groups excluding carboxylic acids is 1. The van der Waals surface area contributed by atoms with Crippen LogP contribution in [0.4, 0.5) is 0 Å². The molecule has 0 bridgehead atoms. The Labute approximate surface area is 150 Å². The molecule has 1 amide bonds. The minimum atomic E-state index is -0.586. The fourth-order valence-corrected chi connectivity index (χ4v) is 2.74. The highest BCUT2D eigenvalue weighted by atomic mass is 16.5. The van der Waals surface area contributed by atoms with Crippen molar-refractivity contribution in [2.75, 3.05) is 7.11 Å². The number of para-hydroxylation sites is 2. The Bertz CT molecular complexity index is 712. The lowest BCUT2D eigenvalue weighted by atomic mass is 10.0. The van der Waals surface area contributed by atoms with Crippen LogP contribution in [0.25, 0.3) is 0 Å². The number of nitrogens with one attached hydrogen (secondary N) is 1. The van der Waals surface area contributed by atoms with Crippen LogP contribution in [-0.4, -0.2) is 19.1 Å². The van der Waals surface area contributed by atoms with Crippen LogP contribution < -0.4 is 14.8 Å². The van der Waals surface area contributed by atoms with Gasteiger partial charge in [0, 0.05) is 5.56 Å². The summed E-state index contributed by atoms with van der Waals surface area (Å²) in [6.45, 7) is 7.92. The van der Waals surface area contributed by atoms with Crippen LogP contribution in [0.1, 0.15) is 50.8 Å². The average molecular weight is 341 g/mol. The van der Waals surface area contributed by atoms with E-state index in [1.165, 1.54) is 0 Å². The summed E-state index contributed by atoms with van der Waals surface area (Å²) in [5, 5.41) is 3.00. The molecule has 4 heteroatoms. The summed E-state index contributed by atoms with van der Waals surface area (Å²) in [4.78, 5) is 12.5. The maximum atomic E-state index is 12.5. The molecule has 0 saturated carbocycles. The predicted molar refractivity (Wildman–Crippen MR) is 100 cm³/mol. The summed E-state index contributed by atoms with van der Waals surface area (Å²) in [7, 11) is 1.63. The summed E-state index contributed by atoms with van der Waals surface area (Å²) in [5.41, 5.74) is 2.04. The first-order valence-electron chi connectivity index (χ1n) is 8.63. The topological polar surface area (TPSA) is 47.6 Å². The van der Waals surface area contributed by atoms with Crippen LogP contribution in [0, 0.1) is 0 Å². The molecule has 0 aliphatic rings. The van der Waals surface area contributed by atoms with E-state index in [0.29, 0.717) is 5.92 Å². The van der Waals surface area contributed by atoms with Gasteiger partial charge in [-0.25, -0.2) is 0 Å². The lowest BCUT2D eigenvalue weighted by molar-refractivity contribution is -0.127. The van der Waals surface area contributed by atoms with Gasteiger partial charge in [0.1, 0.15) is 11.5 Å². The second-order valence-corrected chi connectivity index (χ2v) is 6.42. The first kappa shape index (κ1) is 18.8. The van der Waals surface area contributed by atoms with Gasteiger partial charge in [-0.3, -0.25) is 4.79 Å². The lowest BCUT2D eigenvalue weighted by Gasteiger charge is -2.22. The monoisotopic (exact) mass is 341 g/mol. The van der Waals surface area contributed by atoms with Crippen molar-refractivity contribution in [3.63, 3.8) is 0 Å². The zero-order chi connectivity index (χ0) is 18.4. The quantitative estimate of drug-likeness (QED) is 0.808. The molecule has 2 rings (SSSR count). The Morgan fingerprint density at radius 3 is 2.04 bits per heavy atom. The number of benzene rings is 2. The van der Waals surface area contributed by atoms with Crippen molar-refractivity contribution in [3.8, 4) is 11.5 Å². The SMILES string of the molecule is COc1ccccc1[C@@H](C)NC(=O)[C@H](C)Oc1ccccc1C(C)C. The molecule has 25 heavy (non-hydrogen) atoms. The van der Waals surface area contributed by atoms with E-state index in [9.17, 15) is 4.79 Å². The van der Waals surface area contributed by atoms with Gasteiger partial charge < -0.3 is 14.8 Å². The molecule has 0 saturated heterocycles. The molecule has 0 radical (unpaired) electrons. The number of amides is 1. The van der Waals surface area contributed by atoms with Gasteiger partial charge in [0.15, 0.2) is 6.10 Å². The molecular formula is C21H27NO3. The number of methoxy groups -OCH3 is 1. The molecule has 134 valence electrons. The number of ether oxygens (including phenoxy) is 2. The third-order valence-corrected chi connectivity index (χ3v) is 4.18. The minimum Gasteiger partial charge on any atom is -0.496 e. The highest BCUT2D eigenvalue weighted by Gasteiger charge is 2.20. The summed E-state index contributed by atoms with van der Waals surface area (Å²) in [5.74, 6) is 1.69. The number of hydrogen-bond donors (Lipinski definition) is 1. The second-order valence-electron chi connectivity index (χ2n) is 6.42. The Hall–Kier alpha value is -2.49. The first-order valence-corrected chi connectivity index (χ1v) is 8.63. The van der Waals surface area contributed by atoms with Gasteiger partial charge in [-0.1, -0.05) is 50.2 Å². The maximum Gasteiger partial charge on any atom is 0.261 e. The normalized spacial score (nSPS) is 13.2. The van der Waals surface area contributed by atoms with Crippen molar-refractivity contribution in [1.82, 2.24) is 5.32 Å². The molecule has 0 spiro atoms. The van der Waals surface area contributed by atoms with Gasteiger partial charge in [0.05, 0.1) is 13.2 Å². The minimum absolute atomic E-state index is 0.156. The van der Waals surface area contributed by atoms with E-state index in [1.807, 2.05) is 55.5 Å². The average Bonchev–Trinajstić information content (AvgIpc) is 2.61. The van der Waals surface area contributed by atoms with Gasteiger partial charge >= 0.3 is 0 Å². The van der Waals surface area contributed by atoms with Gasteiger partial charge in [0.25, 0.3) is 5.91 Å². The van der Waals surface area contributed by atoms with Crippen LogP contribution in [0.5, 0.6) is 11.5 Å². The van der Waals surface area contributed by atoms with Crippen molar-refractivity contribution >= 4 is 5.91 Å². The molecule has 2 atom stereocenters. The summed E-state index contributed by atoms with van der Waals surface area (Å²) < 4.78 is 11.3. The molecule has 4 nitrogen and oxygen atoms in total. The van der Waals surface area contributed by atoms with Crippen molar-refractivity contribution in [2.24, 2.45) is 0 Å². The molecule has 2 aromatic carbocycles. The third kappa shape index (κ3) is 4.75. The number of hydrogen-bond acceptors (Lipinski definition) is 3. The van der Waals surface area contributed by atoms with Crippen molar-refractivity contribution in [1.29, 1.82) is 0 Å². The van der Waals surface area contributed by atoms with Crippen LogP contribution in [0.15, 0.2) is 48.5 Å². The number of carbonyl (C=O) groups is 1. The Balaban J connectivity index is 2.06. The van der Waals surface area contributed by atoms with E-state index in [1.54, 1.807) is 14.0 Å². The van der Waals surface area contributed by atoms with Crippen LogP contribution in [0.2, 0.25) is 0 Å². The zero-order valence-corrected chi connectivity index (χ0v) is 15.6. The van der Waals surface area contributed by atoms with Crippen LogP contribution in [0.3, 0.4) is 0 Å². The van der Waals surface area contributed by atoms with Crippen LogP contribution in [-0.2, 0) is 4.79 Å². The summed E-state index contributed by atoms with van der Waals surface area (Å²) >= 11 is 0. The van der Waals surface area contributed by atoms with E-state index in [2.05, 4.69) is 19.2 Å². The van der Waals surface area contributed by atoms with E-state index >= 15 is 0 Å². The highest BCUT2D eigenvalue weighted by molar-refractivity contribution is 5.81.